The molecule has 1 aromatic heterocycles. The third kappa shape index (κ3) is 2.72. The molecule has 0 saturated heterocycles. The summed E-state index contributed by atoms with van der Waals surface area (Å²) in [5, 5.41) is 0. The van der Waals surface area contributed by atoms with Gasteiger partial charge < -0.3 is 4.74 Å². The highest BCUT2D eigenvalue weighted by Gasteiger charge is 2.32. The Hall–Kier alpha value is -2.16. The van der Waals surface area contributed by atoms with Crippen LogP contribution in [0, 0.1) is 0 Å². The summed E-state index contributed by atoms with van der Waals surface area (Å²) < 4.78 is 7.04. The third-order valence-corrected chi connectivity index (χ3v) is 3.68. The Morgan fingerprint density at radius 2 is 2.00 bits per heavy atom. The van der Waals surface area contributed by atoms with E-state index < -0.39 is 0 Å². The van der Waals surface area contributed by atoms with E-state index >= 15 is 0 Å². The molecule has 3 heteroatoms. The third-order valence-electron chi connectivity index (χ3n) is 3.68. The molecule has 1 saturated carbocycles. The largest absolute Gasteiger partial charge is 0.465 e. The summed E-state index contributed by atoms with van der Waals surface area (Å²) in [6.45, 7) is 0.841. The first-order valence-electron chi connectivity index (χ1n) is 6.93. The number of aromatic nitrogens is 1. The Balaban J connectivity index is 1.92. The van der Waals surface area contributed by atoms with Gasteiger partial charge in [0.15, 0.2) is 18.4 Å². The van der Waals surface area contributed by atoms with Crippen molar-refractivity contribution in [3.05, 3.63) is 65.5 Å². The van der Waals surface area contributed by atoms with Crippen LogP contribution in [0.5, 0.6) is 0 Å². The van der Waals surface area contributed by atoms with Crippen molar-refractivity contribution in [2.45, 2.75) is 25.3 Å². The number of carbonyl (C=O) groups excluding carboxylic acids is 1. The second-order valence-corrected chi connectivity index (χ2v) is 5.22. The van der Waals surface area contributed by atoms with Crippen molar-refractivity contribution in [1.29, 1.82) is 0 Å². The second kappa shape index (κ2) is 5.45. The van der Waals surface area contributed by atoms with Crippen molar-refractivity contribution in [3.8, 4) is 0 Å². The van der Waals surface area contributed by atoms with Gasteiger partial charge in [0.05, 0.1) is 12.7 Å². The Morgan fingerprint density at radius 3 is 2.65 bits per heavy atom. The van der Waals surface area contributed by atoms with Crippen LogP contribution in [0.3, 0.4) is 0 Å². The van der Waals surface area contributed by atoms with Gasteiger partial charge in [0, 0.05) is 23.6 Å². The predicted octanol–water partition coefficient (Wildman–Crippen LogP) is 2.69. The minimum Gasteiger partial charge on any atom is -0.465 e. The lowest BCUT2D eigenvalue weighted by Gasteiger charge is -2.05. The van der Waals surface area contributed by atoms with Gasteiger partial charge in [-0.05, 0) is 12.8 Å². The number of pyridine rings is 1. The molecule has 0 aliphatic heterocycles. The van der Waals surface area contributed by atoms with E-state index in [4.69, 9.17) is 4.74 Å². The number of hydrogen-bond donors (Lipinski definition) is 0. The average molecular weight is 268 g/mol. The number of esters is 1. The molecule has 0 atom stereocenters. The van der Waals surface area contributed by atoms with Crippen LogP contribution in [0.4, 0.5) is 0 Å². The van der Waals surface area contributed by atoms with Crippen molar-refractivity contribution < 1.29 is 14.1 Å². The molecule has 1 fully saturated rings. The van der Waals surface area contributed by atoms with Crippen LogP contribution in [0.25, 0.3) is 0 Å². The van der Waals surface area contributed by atoms with E-state index in [1.807, 2.05) is 24.4 Å². The van der Waals surface area contributed by atoms with E-state index in [2.05, 4.69) is 28.8 Å². The van der Waals surface area contributed by atoms with Crippen molar-refractivity contribution in [2.24, 2.45) is 0 Å². The van der Waals surface area contributed by atoms with Gasteiger partial charge in [0.1, 0.15) is 0 Å². The maximum atomic E-state index is 11.6. The molecule has 1 aliphatic carbocycles. The van der Waals surface area contributed by atoms with Crippen molar-refractivity contribution in [1.82, 2.24) is 0 Å². The maximum absolute atomic E-state index is 11.6. The minimum absolute atomic E-state index is 0.265. The summed E-state index contributed by atoms with van der Waals surface area (Å²) in [6.07, 6.45) is 4.41. The number of benzene rings is 1. The first kappa shape index (κ1) is 12.9. The van der Waals surface area contributed by atoms with Gasteiger partial charge in [0.25, 0.3) is 0 Å². The van der Waals surface area contributed by atoms with E-state index in [1.165, 1.54) is 31.2 Å². The number of ether oxygens (including phenoxy) is 1. The Bertz CT molecular complexity index is 618. The smallest absolute Gasteiger partial charge is 0.338 e. The van der Waals surface area contributed by atoms with Crippen LogP contribution in [0.2, 0.25) is 0 Å². The zero-order valence-corrected chi connectivity index (χ0v) is 11.6. The Morgan fingerprint density at radius 1 is 1.25 bits per heavy atom. The van der Waals surface area contributed by atoms with Crippen molar-refractivity contribution in [2.75, 3.05) is 7.11 Å². The molecule has 1 aromatic carbocycles. The lowest BCUT2D eigenvalue weighted by molar-refractivity contribution is -0.696. The summed E-state index contributed by atoms with van der Waals surface area (Å²) in [6, 6.07) is 14.2. The Labute approximate surface area is 118 Å². The molecule has 0 N–H and O–H groups in total. The molecule has 3 rings (SSSR count). The average Bonchev–Trinajstić information content (AvgIpc) is 3.32. The number of nitrogens with zero attached hydrogens (tertiary/aromatic N) is 1. The fraction of sp³-hybridized carbons (Fsp3) is 0.294. The van der Waals surface area contributed by atoms with Gasteiger partial charge in [-0.2, -0.15) is 4.57 Å². The van der Waals surface area contributed by atoms with Crippen LogP contribution in [-0.2, 0) is 11.3 Å². The SMILES string of the molecule is COC(=O)c1cc[n+](Cc2ccccc2)c(C2CC2)c1. The van der Waals surface area contributed by atoms with Gasteiger partial charge in [-0.15, -0.1) is 0 Å². The summed E-state index contributed by atoms with van der Waals surface area (Å²) in [7, 11) is 1.42. The standard InChI is InChI=1S/C17H18NO2/c1-20-17(19)15-9-10-18(16(11-15)14-7-8-14)12-13-5-3-2-4-6-13/h2-6,9-11,14H,7-8,12H2,1H3/q+1. The summed E-state index contributed by atoms with van der Waals surface area (Å²) in [5.41, 5.74) is 3.14. The monoisotopic (exact) mass is 268 g/mol. The first-order valence-corrected chi connectivity index (χ1v) is 6.93. The normalized spacial score (nSPS) is 14.1. The maximum Gasteiger partial charge on any atom is 0.338 e. The van der Waals surface area contributed by atoms with Gasteiger partial charge >= 0.3 is 5.97 Å². The molecule has 1 aliphatic rings. The van der Waals surface area contributed by atoms with E-state index in [9.17, 15) is 4.79 Å². The highest BCUT2D eigenvalue weighted by atomic mass is 16.5. The summed E-state index contributed by atoms with van der Waals surface area (Å²) in [5.74, 6) is 0.321. The zero-order chi connectivity index (χ0) is 13.9. The van der Waals surface area contributed by atoms with E-state index in [1.54, 1.807) is 0 Å². The number of methoxy groups -OCH3 is 1. The second-order valence-electron chi connectivity index (χ2n) is 5.22. The van der Waals surface area contributed by atoms with E-state index in [0.717, 1.165) is 6.54 Å². The van der Waals surface area contributed by atoms with Crippen LogP contribution in [0.15, 0.2) is 48.7 Å². The fourth-order valence-corrected chi connectivity index (χ4v) is 2.45. The molecule has 0 radical (unpaired) electrons. The molecule has 0 bridgehead atoms. The highest BCUT2D eigenvalue weighted by molar-refractivity contribution is 5.89. The molecule has 0 unspecified atom stereocenters. The van der Waals surface area contributed by atoms with E-state index in [0.29, 0.717) is 11.5 Å². The quantitative estimate of drug-likeness (QED) is 0.630. The van der Waals surface area contributed by atoms with E-state index in [-0.39, 0.29) is 5.97 Å². The predicted molar refractivity (Wildman–Crippen MR) is 75.5 cm³/mol. The molecule has 3 nitrogen and oxygen atoms in total. The van der Waals surface area contributed by atoms with Crippen LogP contribution in [0.1, 0.15) is 40.4 Å². The topological polar surface area (TPSA) is 30.2 Å². The molecular formula is C17H18NO2+. The molecule has 20 heavy (non-hydrogen) atoms. The molecule has 2 aromatic rings. The molecule has 0 spiro atoms. The lowest BCUT2D eigenvalue weighted by Crippen LogP contribution is -2.38. The number of hydrogen-bond acceptors (Lipinski definition) is 2. The van der Waals surface area contributed by atoms with Crippen LogP contribution >= 0.6 is 0 Å². The molecular weight excluding hydrogens is 250 g/mol. The van der Waals surface area contributed by atoms with Crippen LogP contribution < -0.4 is 4.57 Å². The van der Waals surface area contributed by atoms with Gasteiger partial charge in [-0.3, -0.25) is 0 Å². The fourth-order valence-electron chi connectivity index (χ4n) is 2.45. The number of rotatable bonds is 4. The first-order chi connectivity index (χ1) is 9.78. The van der Waals surface area contributed by atoms with Crippen molar-refractivity contribution >= 4 is 5.97 Å². The molecule has 0 amide bonds. The summed E-state index contributed by atoms with van der Waals surface area (Å²) in [4.78, 5) is 11.6. The number of carbonyl (C=O) groups is 1. The van der Waals surface area contributed by atoms with Gasteiger partial charge in [-0.1, -0.05) is 30.3 Å². The molecule has 102 valence electrons. The lowest BCUT2D eigenvalue weighted by atomic mass is 10.1. The van der Waals surface area contributed by atoms with Gasteiger partial charge in [-0.25, -0.2) is 4.79 Å². The molecule has 1 heterocycles. The van der Waals surface area contributed by atoms with Crippen LogP contribution in [-0.4, -0.2) is 13.1 Å². The zero-order valence-electron chi connectivity index (χ0n) is 11.6. The Kier molecular flexibility index (Phi) is 3.50. The summed E-state index contributed by atoms with van der Waals surface area (Å²) >= 11 is 0. The minimum atomic E-state index is -0.265. The highest BCUT2D eigenvalue weighted by Crippen LogP contribution is 2.38. The van der Waals surface area contributed by atoms with Gasteiger partial charge in [0.2, 0.25) is 0 Å². The van der Waals surface area contributed by atoms with Crippen molar-refractivity contribution in [3.63, 3.8) is 0 Å².